The lowest BCUT2D eigenvalue weighted by Crippen LogP contribution is -2.51. The fourth-order valence-corrected chi connectivity index (χ4v) is 13.0. The van der Waals surface area contributed by atoms with Crippen LogP contribution in [0.3, 0.4) is 0 Å². The van der Waals surface area contributed by atoms with Crippen LogP contribution in [0.5, 0.6) is 0 Å². The van der Waals surface area contributed by atoms with Crippen LogP contribution < -0.4 is 0 Å². The number of benzene rings is 3. The number of carbonyl (C=O) groups excluding carboxylic acids is 3. The summed E-state index contributed by atoms with van der Waals surface area (Å²) in [7, 11) is 1.57. The molecule has 0 saturated heterocycles. The van der Waals surface area contributed by atoms with Crippen molar-refractivity contribution >= 4 is 36.1 Å². The second-order valence-corrected chi connectivity index (χ2v) is 23.6. The zero-order valence-corrected chi connectivity index (χ0v) is 47.8. The summed E-state index contributed by atoms with van der Waals surface area (Å²) in [6.45, 7) is 32.8. The Morgan fingerprint density at radius 1 is 0.680 bits per heavy atom. The van der Waals surface area contributed by atoms with Crippen molar-refractivity contribution in [1.82, 2.24) is 0 Å². The van der Waals surface area contributed by atoms with Crippen LogP contribution in [0.4, 0.5) is 0 Å². The number of hydrogen-bond donors (Lipinski definition) is 0. The summed E-state index contributed by atoms with van der Waals surface area (Å²) < 4.78 is 21.4. The first-order valence-electron chi connectivity index (χ1n) is 28.4. The number of hydrogen-bond acceptors (Lipinski definition) is 7. The molecule has 0 heterocycles. The van der Waals surface area contributed by atoms with Gasteiger partial charge in [-0.2, -0.15) is 0 Å². The number of ether oxygens (including phenoxy) is 4. The topological polar surface area (TPSA) is 88.1 Å². The first-order valence-corrected chi connectivity index (χ1v) is 28.4. The van der Waals surface area contributed by atoms with E-state index in [9.17, 15) is 14.4 Å². The van der Waals surface area contributed by atoms with Crippen LogP contribution in [0.25, 0.3) is 18.2 Å². The summed E-state index contributed by atoms with van der Waals surface area (Å²) in [5.74, 6) is 4.95. The molecule has 4 aliphatic carbocycles. The van der Waals surface area contributed by atoms with Gasteiger partial charge in [0.15, 0.2) is 0 Å². The van der Waals surface area contributed by atoms with Gasteiger partial charge in [-0.15, -0.1) is 0 Å². The minimum absolute atomic E-state index is 0.00821. The Morgan fingerprint density at radius 2 is 1.25 bits per heavy atom. The van der Waals surface area contributed by atoms with Crippen molar-refractivity contribution in [3.63, 3.8) is 0 Å². The fraction of sp³-hybridized carbons (Fsp3) is 0.544. The van der Waals surface area contributed by atoms with Gasteiger partial charge in [-0.05, 0) is 190 Å². The number of rotatable bonds is 21. The predicted molar refractivity (Wildman–Crippen MR) is 311 cm³/mol. The second kappa shape index (κ2) is 29.3. The van der Waals surface area contributed by atoms with Gasteiger partial charge < -0.3 is 18.9 Å². The van der Waals surface area contributed by atoms with Crippen molar-refractivity contribution < 1.29 is 33.3 Å². The average Bonchev–Trinajstić information content (AvgIpc) is 3.76. The van der Waals surface area contributed by atoms with Gasteiger partial charge >= 0.3 is 17.9 Å². The zero-order chi connectivity index (χ0) is 54.7. The highest BCUT2D eigenvalue weighted by Gasteiger charge is 2.59. The first-order chi connectivity index (χ1) is 35.8. The molecular formula is C68H94O7. The number of esters is 3. The van der Waals surface area contributed by atoms with Crippen molar-refractivity contribution in [2.75, 3.05) is 20.3 Å². The smallest absolute Gasteiger partial charge is 0.338 e. The number of fused-ring (bicyclic) bond motifs is 5. The Morgan fingerprint density at radius 3 is 1.80 bits per heavy atom. The highest BCUT2D eigenvalue weighted by atomic mass is 16.6. The molecule has 3 aromatic carbocycles. The molecule has 3 fully saturated rings. The number of methoxy groups -OCH3 is 1. The molecule has 10 unspecified atom stereocenters. The molecule has 0 aromatic heterocycles. The summed E-state index contributed by atoms with van der Waals surface area (Å²) in [4.78, 5) is 36.4. The van der Waals surface area contributed by atoms with E-state index < -0.39 is 0 Å². The molecule has 0 radical (unpaired) electrons. The lowest BCUT2D eigenvalue weighted by Gasteiger charge is -2.58. The van der Waals surface area contributed by atoms with Gasteiger partial charge in [-0.3, -0.25) is 0 Å². The van der Waals surface area contributed by atoms with E-state index in [1.807, 2.05) is 48.5 Å². The maximum Gasteiger partial charge on any atom is 0.338 e. The Hall–Kier alpha value is -5.27. The molecule has 0 bridgehead atoms. The second-order valence-electron chi connectivity index (χ2n) is 23.6. The summed E-state index contributed by atoms with van der Waals surface area (Å²) in [6, 6.07) is 22.0. The van der Waals surface area contributed by atoms with Crippen LogP contribution in [0.1, 0.15) is 200 Å². The zero-order valence-electron chi connectivity index (χ0n) is 47.8. The molecule has 10 atom stereocenters. The third-order valence-corrected chi connectivity index (χ3v) is 17.4. The largest absolute Gasteiger partial charge is 0.462 e. The highest BCUT2D eigenvalue weighted by Crippen LogP contribution is 2.67. The Labute approximate surface area is 453 Å². The maximum atomic E-state index is 12.9. The van der Waals surface area contributed by atoms with E-state index in [1.54, 1.807) is 62.1 Å². The van der Waals surface area contributed by atoms with Gasteiger partial charge in [0.05, 0.1) is 29.9 Å². The normalized spacial score (nSPS) is 24.5. The van der Waals surface area contributed by atoms with Crippen LogP contribution >= 0.6 is 0 Å². The maximum absolute atomic E-state index is 12.9. The molecule has 7 heteroatoms. The third-order valence-electron chi connectivity index (χ3n) is 17.4. The van der Waals surface area contributed by atoms with E-state index in [2.05, 4.69) is 87.3 Å². The van der Waals surface area contributed by atoms with Crippen LogP contribution in [0.15, 0.2) is 116 Å². The van der Waals surface area contributed by atoms with Crippen LogP contribution in [-0.2, 0) is 18.9 Å². The van der Waals surface area contributed by atoms with Gasteiger partial charge in [0.1, 0.15) is 12.2 Å². The monoisotopic (exact) mass is 1020 g/mol. The lowest BCUT2D eigenvalue weighted by atomic mass is 9.47. The molecule has 7 nitrogen and oxygen atoms in total. The molecule has 7 rings (SSSR count). The van der Waals surface area contributed by atoms with E-state index in [-0.39, 0.29) is 30.1 Å². The summed E-state index contributed by atoms with van der Waals surface area (Å²) >= 11 is 0. The van der Waals surface area contributed by atoms with Crippen molar-refractivity contribution in [2.45, 2.75) is 164 Å². The predicted octanol–water partition coefficient (Wildman–Crippen LogP) is 17.7. The van der Waals surface area contributed by atoms with Crippen LogP contribution in [-0.4, -0.2) is 50.4 Å². The Bertz CT molecular complexity index is 2370. The molecule has 0 spiro atoms. The molecule has 0 N–H and O–H groups in total. The fourth-order valence-electron chi connectivity index (χ4n) is 13.0. The average molecular weight is 1020 g/mol. The van der Waals surface area contributed by atoms with Crippen molar-refractivity contribution in [2.24, 2.45) is 52.3 Å². The Kier molecular flexibility index (Phi) is 23.7. The number of carbonyl (C=O) groups is 3. The molecule has 3 saturated carbocycles. The van der Waals surface area contributed by atoms with Crippen molar-refractivity contribution in [3.05, 3.63) is 149 Å². The molecular weight excluding hydrogens is 929 g/mol. The van der Waals surface area contributed by atoms with E-state index in [1.165, 1.54) is 56.9 Å². The van der Waals surface area contributed by atoms with Gasteiger partial charge in [0.25, 0.3) is 0 Å². The van der Waals surface area contributed by atoms with E-state index in [0.717, 1.165) is 90.7 Å². The molecule has 75 heavy (non-hydrogen) atoms. The lowest BCUT2D eigenvalue weighted by molar-refractivity contribution is -0.0594. The number of allylic oxidation sites excluding steroid dienone is 3. The van der Waals surface area contributed by atoms with Crippen molar-refractivity contribution in [3.8, 4) is 0 Å². The quantitative estimate of drug-likeness (QED) is 0.0597. The summed E-state index contributed by atoms with van der Waals surface area (Å²) in [6.07, 6.45) is 27.3. The summed E-state index contributed by atoms with van der Waals surface area (Å²) in [5, 5.41) is 0. The van der Waals surface area contributed by atoms with Gasteiger partial charge in [-0.25, -0.2) is 14.4 Å². The minimum Gasteiger partial charge on any atom is -0.462 e. The first kappa shape index (κ1) is 60.6. The van der Waals surface area contributed by atoms with Crippen molar-refractivity contribution in [1.29, 1.82) is 0 Å². The van der Waals surface area contributed by atoms with Crippen LogP contribution in [0.2, 0.25) is 0 Å². The minimum atomic E-state index is -0.333. The standard InChI is InChI=1S/C36H52O2.C19H26O2.C13H16O3/c1-7-26-11-13-27(14-12-26)34(37)38-29-19-21-35(5)28(23-29)15-16-30-32-18-17-31(25(4)10-8-9-24(2)3)36(32,6)22-20-33(30)35;1-5-17-9-11-18(12-10-17)19(20)21-14-13-16(4)8-6-7-15(2)3;1-4-11-5-7-12(8-6-11)13(14)16-10(2)9-15-3/h7,11-15,24-25,29-33H,1,8-10,16-23H2,2-6H3;5,7,9-12,16H,1,6,8,13-14H2,2-4H3;4-8,10H,1,9H2,2-3H3. The third kappa shape index (κ3) is 17.1. The molecule has 0 aliphatic heterocycles. The van der Waals surface area contributed by atoms with E-state index in [0.29, 0.717) is 46.7 Å². The molecule has 4 aliphatic rings. The SMILES string of the molecule is C=Cc1ccc(C(=O)OC(C)COC)cc1.C=Cc1ccc(C(=O)OC2CCC3(C)C(=CCC4C3CCC3(C)C(C(C)CCCC(C)C)CCC43)C2)cc1.C=Cc1ccc(C(=O)OCCC(C)CCC=C(C)C)cc1. The summed E-state index contributed by atoms with van der Waals surface area (Å²) in [5.41, 5.74) is 8.54. The highest BCUT2D eigenvalue weighted by molar-refractivity contribution is 5.90. The van der Waals surface area contributed by atoms with E-state index in [4.69, 9.17) is 18.9 Å². The van der Waals surface area contributed by atoms with E-state index >= 15 is 0 Å². The van der Waals surface area contributed by atoms with Gasteiger partial charge in [0.2, 0.25) is 0 Å². The molecule has 408 valence electrons. The van der Waals surface area contributed by atoms with Crippen LogP contribution in [0, 0.1) is 52.3 Å². The van der Waals surface area contributed by atoms with Gasteiger partial charge in [-0.1, -0.05) is 158 Å². The molecule has 0 amide bonds. The molecule has 3 aromatic rings. The van der Waals surface area contributed by atoms with Gasteiger partial charge in [0, 0.05) is 13.5 Å². The Balaban J connectivity index is 0.000000236.